The molecule has 8 heteroatoms. The molecule has 0 bridgehead atoms. The Morgan fingerprint density at radius 1 is 1.06 bits per heavy atom. The van der Waals surface area contributed by atoms with Crippen LogP contribution in [-0.2, 0) is 22.4 Å². The average molecular weight is 659 g/mol. The van der Waals surface area contributed by atoms with Crippen molar-refractivity contribution in [1.29, 1.82) is 0 Å². The minimum Gasteiger partial charge on any atom is -0.508 e. The van der Waals surface area contributed by atoms with Gasteiger partial charge in [-0.1, -0.05) is 50.2 Å². The first-order chi connectivity index (χ1) is 22.4. The third-order valence-corrected chi connectivity index (χ3v) is 10.4. The molecule has 252 valence electrons. The molecule has 3 aliphatic rings. The summed E-state index contributed by atoms with van der Waals surface area (Å²) in [5.74, 6) is 1.42. The number of hydrogen-bond donors (Lipinski definition) is 1. The van der Waals surface area contributed by atoms with Crippen molar-refractivity contribution < 1.29 is 14.7 Å². The first-order valence-corrected chi connectivity index (χ1v) is 17.5. The number of aromatic hydroxyl groups is 1. The SMILES string of the molecule is C=C(/C=C\C(=C/C)N1C(=O)Cc2cc(O)c(CC(C)C)cc2[C@@H]1c1ccc(Cl)cc1)N(C)CC1CCC(N2CCN(C)C(=O)C2)CC1. The molecule has 2 aromatic carbocycles. The molecule has 2 fully saturated rings. The summed E-state index contributed by atoms with van der Waals surface area (Å²) in [6.07, 6.45) is 11.5. The van der Waals surface area contributed by atoms with E-state index in [2.05, 4.69) is 43.3 Å². The van der Waals surface area contributed by atoms with E-state index in [0.29, 0.717) is 29.4 Å². The van der Waals surface area contributed by atoms with E-state index in [0.717, 1.165) is 85.4 Å². The second kappa shape index (κ2) is 15.1. The van der Waals surface area contributed by atoms with Gasteiger partial charge in [-0.3, -0.25) is 14.5 Å². The summed E-state index contributed by atoms with van der Waals surface area (Å²) in [7, 11) is 3.99. The Balaban J connectivity index is 1.30. The number of rotatable bonds is 10. The fourth-order valence-corrected chi connectivity index (χ4v) is 7.54. The van der Waals surface area contributed by atoms with Gasteiger partial charge in [-0.2, -0.15) is 0 Å². The number of carbonyl (C=O) groups is 2. The number of carbonyl (C=O) groups excluding carboxylic acids is 2. The molecule has 0 spiro atoms. The summed E-state index contributed by atoms with van der Waals surface area (Å²) in [6, 6.07) is 11.7. The Hall–Kier alpha value is -3.55. The van der Waals surface area contributed by atoms with Gasteiger partial charge in [0.15, 0.2) is 0 Å². The van der Waals surface area contributed by atoms with Crippen molar-refractivity contribution in [3.05, 3.63) is 99.9 Å². The van der Waals surface area contributed by atoms with E-state index in [-0.39, 0.29) is 30.0 Å². The second-order valence-electron chi connectivity index (χ2n) is 14.1. The number of piperazine rings is 1. The van der Waals surface area contributed by atoms with Gasteiger partial charge in [0.2, 0.25) is 11.8 Å². The van der Waals surface area contributed by atoms with Crippen LogP contribution in [0.1, 0.15) is 74.8 Å². The van der Waals surface area contributed by atoms with Crippen molar-refractivity contribution in [1.82, 2.24) is 19.6 Å². The number of amides is 2. The number of allylic oxidation sites excluding steroid dienone is 3. The van der Waals surface area contributed by atoms with Gasteiger partial charge in [-0.15, -0.1) is 0 Å². The van der Waals surface area contributed by atoms with Crippen molar-refractivity contribution in [2.24, 2.45) is 11.8 Å². The van der Waals surface area contributed by atoms with Gasteiger partial charge in [0.1, 0.15) is 5.75 Å². The highest BCUT2D eigenvalue weighted by Crippen LogP contribution is 2.41. The van der Waals surface area contributed by atoms with Crippen molar-refractivity contribution in [3.8, 4) is 5.75 Å². The minimum atomic E-state index is -0.359. The van der Waals surface area contributed by atoms with Gasteiger partial charge in [-0.05, 0) is 110 Å². The molecule has 0 aromatic heterocycles. The van der Waals surface area contributed by atoms with Gasteiger partial charge in [0.25, 0.3) is 0 Å². The number of fused-ring (bicyclic) bond motifs is 1. The van der Waals surface area contributed by atoms with Crippen molar-refractivity contribution >= 4 is 23.4 Å². The molecule has 2 amide bonds. The van der Waals surface area contributed by atoms with Gasteiger partial charge in [0.05, 0.1) is 19.0 Å². The molecule has 5 rings (SSSR count). The molecule has 1 aliphatic carbocycles. The lowest BCUT2D eigenvalue weighted by Gasteiger charge is -2.41. The van der Waals surface area contributed by atoms with E-state index in [9.17, 15) is 14.7 Å². The smallest absolute Gasteiger partial charge is 0.236 e. The normalized spacial score (nSPS) is 22.7. The molecule has 0 radical (unpaired) electrons. The third kappa shape index (κ3) is 8.13. The van der Waals surface area contributed by atoms with Gasteiger partial charge in [-0.25, -0.2) is 0 Å². The highest BCUT2D eigenvalue weighted by Gasteiger charge is 2.36. The summed E-state index contributed by atoms with van der Waals surface area (Å²) >= 11 is 6.28. The van der Waals surface area contributed by atoms with Crippen LogP contribution in [0.25, 0.3) is 0 Å². The van der Waals surface area contributed by atoms with E-state index in [1.807, 2.05) is 66.3 Å². The van der Waals surface area contributed by atoms with Crippen molar-refractivity contribution in [3.63, 3.8) is 0 Å². The maximum Gasteiger partial charge on any atom is 0.236 e. The summed E-state index contributed by atoms with van der Waals surface area (Å²) in [6.45, 7) is 13.9. The molecule has 2 aliphatic heterocycles. The van der Waals surface area contributed by atoms with Crippen LogP contribution in [0.15, 0.2) is 72.6 Å². The molecule has 1 saturated carbocycles. The highest BCUT2D eigenvalue weighted by atomic mass is 35.5. The highest BCUT2D eigenvalue weighted by molar-refractivity contribution is 6.30. The summed E-state index contributed by atoms with van der Waals surface area (Å²) in [5.41, 5.74) is 5.44. The molecule has 1 N–H and O–H groups in total. The van der Waals surface area contributed by atoms with Crippen LogP contribution < -0.4 is 0 Å². The maximum atomic E-state index is 13.9. The topological polar surface area (TPSA) is 67.3 Å². The summed E-state index contributed by atoms with van der Waals surface area (Å²) in [5, 5.41) is 11.5. The number of phenolic OH excluding ortho intramolecular Hbond substituents is 1. The van der Waals surface area contributed by atoms with Crippen molar-refractivity contribution in [2.75, 3.05) is 40.3 Å². The van der Waals surface area contributed by atoms with Crippen LogP contribution in [0.5, 0.6) is 5.75 Å². The van der Waals surface area contributed by atoms with Crippen LogP contribution in [0.3, 0.4) is 0 Å². The molecular formula is C39H51ClN4O3. The van der Waals surface area contributed by atoms with Crippen LogP contribution >= 0.6 is 11.6 Å². The molecule has 7 nitrogen and oxygen atoms in total. The number of hydrogen-bond acceptors (Lipinski definition) is 5. The summed E-state index contributed by atoms with van der Waals surface area (Å²) < 4.78 is 0. The zero-order valence-electron chi connectivity index (χ0n) is 28.7. The van der Waals surface area contributed by atoms with Gasteiger partial charge >= 0.3 is 0 Å². The number of nitrogens with zero attached hydrogens (tertiary/aromatic N) is 4. The largest absolute Gasteiger partial charge is 0.508 e. The molecule has 0 unspecified atom stereocenters. The molecule has 2 heterocycles. The molecule has 2 aromatic rings. The number of halogens is 1. The number of phenols is 1. The maximum absolute atomic E-state index is 13.9. The molecule has 47 heavy (non-hydrogen) atoms. The van der Waals surface area contributed by atoms with E-state index in [1.165, 1.54) is 0 Å². The third-order valence-electron chi connectivity index (χ3n) is 10.2. The van der Waals surface area contributed by atoms with E-state index >= 15 is 0 Å². The Morgan fingerprint density at radius 3 is 2.40 bits per heavy atom. The predicted octanol–water partition coefficient (Wildman–Crippen LogP) is 6.96. The average Bonchev–Trinajstić information content (AvgIpc) is 3.04. The fourth-order valence-electron chi connectivity index (χ4n) is 7.41. The second-order valence-corrected chi connectivity index (χ2v) is 14.5. The lowest BCUT2D eigenvalue weighted by atomic mass is 9.84. The van der Waals surface area contributed by atoms with Crippen LogP contribution in [0.4, 0.5) is 0 Å². The van der Waals surface area contributed by atoms with Crippen LogP contribution in [-0.4, -0.2) is 82.8 Å². The van der Waals surface area contributed by atoms with E-state index in [1.54, 1.807) is 6.07 Å². The zero-order chi connectivity index (χ0) is 33.8. The number of likely N-dealkylation sites (N-methyl/N-ethyl adjacent to an activating group) is 2. The zero-order valence-corrected chi connectivity index (χ0v) is 29.5. The Morgan fingerprint density at radius 2 is 1.77 bits per heavy atom. The van der Waals surface area contributed by atoms with E-state index < -0.39 is 0 Å². The van der Waals surface area contributed by atoms with Gasteiger partial charge in [0, 0.05) is 56.2 Å². The Kier molecular flexibility index (Phi) is 11.2. The minimum absolute atomic E-state index is 0.0241. The fraction of sp³-hybridized carbons (Fsp3) is 0.487. The lowest BCUT2D eigenvalue weighted by molar-refractivity contribution is -0.135. The molecular weight excluding hydrogens is 608 g/mol. The predicted molar refractivity (Wildman–Crippen MR) is 190 cm³/mol. The van der Waals surface area contributed by atoms with Gasteiger partial charge < -0.3 is 19.8 Å². The standard InChI is InChI=1S/C39H51ClN4O3/c1-7-33(15-8-27(4)42(6)24-28-9-16-34(17-10-28)43-19-18-41(5)38(47)25-43)44-37(46)23-30-22-36(45)31(20-26(2)3)21-35(30)39(44)29-11-13-32(40)14-12-29/h7-8,11-15,21-22,26,28,34,39,45H,4,9-10,16-20,23-25H2,1-3,5-6H3/b15-8-,33-7+/t28?,34?,39-/m0/s1. The van der Waals surface area contributed by atoms with E-state index in [4.69, 9.17) is 11.6 Å². The monoisotopic (exact) mass is 658 g/mol. The quantitative estimate of drug-likeness (QED) is 0.280. The summed E-state index contributed by atoms with van der Waals surface area (Å²) in [4.78, 5) is 34.4. The van der Waals surface area contributed by atoms with Crippen LogP contribution in [0.2, 0.25) is 5.02 Å². The number of benzene rings is 2. The Bertz CT molecular complexity index is 1520. The first kappa shape index (κ1) is 34.8. The van der Waals surface area contributed by atoms with Crippen LogP contribution in [0, 0.1) is 11.8 Å². The molecule has 1 atom stereocenters. The lowest BCUT2D eigenvalue weighted by Crippen LogP contribution is -2.53. The molecule has 1 saturated heterocycles. The first-order valence-electron chi connectivity index (χ1n) is 17.1. The van der Waals surface area contributed by atoms with Crippen molar-refractivity contribution in [2.45, 2.75) is 71.4 Å². The Labute approximate surface area is 286 Å².